The topological polar surface area (TPSA) is 42.7 Å². The third kappa shape index (κ3) is 3.50. The van der Waals surface area contributed by atoms with Crippen molar-refractivity contribution in [3.8, 4) is 5.82 Å². The molecule has 2 aromatic rings. The fourth-order valence-corrected chi connectivity index (χ4v) is 2.26. The molecule has 2 heterocycles. The molecule has 1 aliphatic rings. The van der Waals surface area contributed by atoms with Gasteiger partial charge in [-0.2, -0.15) is 5.10 Å². The van der Waals surface area contributed by atoms with Crippen molar-refractivity contribution in [1.29, 1.82) is 0 Å². The lowest BCUT2D eigenvalue weighted by Gasteiger charge is -2.20. The average Bonchev–Trinajstić information content (AvgIpc) is 3.15. The summed E-state index contributed by atoms with van der Waals surface area (Å²) in [5, 5.41) is 7.97. The minimum Gasteiger partial charge on any atom is -0.310 e. The Labute approximate surface area is 126 Å². The zero-order valence-corrected chi connectivity index (χ0v) is 13.3. The Kier molecular flexibility index (Phi) is 3.57. The van der Waals surface area contributed by atoms with Crippen molar-refractivity contribution < 1.29 is 0 Å². The lowest BCUT2D eigenvalue weighted by Crippen LogP contribution is -2.19. The van der Waals surface area contributed by atoms with Gasteiger partial charge in [0.25, 0.3) is 0 Å². The van der Waals surface area contributed by atoms with Crippen LogP contribution in [0.15, 0.2) is 24.5 Å². The van der Waals surface area contributed by atoms with Gasteiger partial charge in [-0.25, -0.2) is 9.67 Å². The van der Waals surface area contributed by atoms with Crippen molar-refractivity contribution >= 4 is 0 Å². The molecule has 0 aromatic carbocycles. The molecule has 4 nitrogen and oxygen atoms in total. The van der Waals surface area contributed by atoms with E-state index in [1.165, 1.54) is 18.4 Å². The maximum absolute atomic E-state index is 4.80. The Balaban J connectivity index is 1.95. The second-order valence-electron chi connectivity index (χ2n) is 7.09. The lowest BCUT2D eigenvalue weighted by atomic mass is 9.90. The van der Waals surface area contributed by atoms with E-state index in [0.717, 1.165) is 23.6 Å². The normalized spacial score (nSPS) is 15.4. The Morgan fingerprint density at radius 1 is 1.29 bits per heavy atom. The van der Waals surface area contributed by atoms with E-state index < -0.39 is 0 Å². The van der Waals surface area contributed by atoms with Crippen molar-refractivity contribution in [1.82, 2.24) is 20.1 Å². The number of aryl methyl sites for hydroxylation is 1. The predicted molar refractivity (Wildman–Crippen MR) is 84.7 cm³/mol. The smallest absolute Gasteiger partial charge is 0.153 e. The van der Waals surface area contributed by atoms with Crippen molar-refractivity contribution in [2.75, 3.05) is 0 Å². The summed E-state index contributed by atoms with van der Waals surface area (Å²) >= 11 is 0. The molecule has 0 bridgehead atoms. The van der Waals surface area contributed by atoms with Gasteiger partial charge < -0.3 is 5.32 Å². The Morgan fingerprint density at radius 2 is 2.05 bits per heavy atom. The minimum absolute atomic E-state index is 0.0343. The van der Waals surface area contributed by atoms with Crippen LogP contribution in [-0.2, 0) is 12.0 Å². The molecule has 3 rings (SSSR count). The van der Waals surface area contributed by atoms with Crippen molar-refractivity contribution in [3.63, 3.8) is 0 Å². The van der Waals surface area contributed by atoms with Gasteiger partial charge in [0.15, 0.2) is 5.82 Å². The first-order chi connectivity index (χ1) is 9.91. The van der Waals surface area contributed by atoms with Gasteiger partial charge in [-0.05, 0) is 43.0 Å². The van der Waals surface area contributed by atoms with Crippen LogP contribution in [0.3, 0.4) is 0 Å². The van der Waals surface area contributed by atoms with Crippen LogP contribution in [0, 0.1) is 6.92 Å². The molecule has 1 N–H and O–H groups in total. The molecule has 0 unspecified atom stereocenters. The quantitative estimate of drug-likeness (QED) is 0.938. The van der Waals surface area contributed by atoms with Gasteiger partial charge in [-0.15, -0.1) is 0 Å². The zero-order chi connectivity index (χ0) is 15.0. The highest BCUT2D eigenvalue weighted by Gasteiger charge is 2.21. The monoisotopic (exact) mass is 284 g/mol. The van der Waals surface area contributed by atoms with Crippen LogP contribution in [0.4, 0.5) is 0 Å². The second-order valence-corrected chi connectivity index (χ2v) is 7.09. The maximum Gasteiger partial charge on any atom is 0.153 e. The molecule has 0 saturated heterocycles. The van der Waals surface area contributed by atoms with Crippen LogP contribution >= 0.6 is 0 Å². The summed E-state index contributed by atoms with van der Waals surface area (Å²) in [6, 6.07) is 5.07. The third-order valence-electron chi connectivity index (χ3n) is 3.76. The standard InChI is InChI=1S/C17H24N4/c1-12-9-19-21(11-12)16-8-13(10-18-14-5-6-14)7-15(20-16)17(2,3)4/h7-9,11,14,18H,5-6,10H2,1-4H3. The van der Waals surface area contributed by atoms with Crippen LogP contribution in [0.2, 0.25) is 0 Å². The van der Waals surface area contributed by atoms with Crippen molar-refractivity contribution in [3.05, 3.63) is 41.3 Å². The number of nitrogens with zero attached hydrogens (tertiary/aromatic N) is 3. The fraction of sp³-hybridized carbons (Fsp3) is 0.529. The van der Waals surface area contributed by atoms with Gasteiger partial charge in [0.2, 0.25) is 0 Å². The number of hydrogen-bond donors (Lipinski definition) is 1. The summed E-state index contributed by atoms with van der Waals surface area (Å²) < 4.78 is 1.87. The van der Waals surface area contributed by atoms with Crippen LogP contribution in [0.1, 0.15) is 50.4 Å². The van der Waals surface area contributed by atoms with Gasteiger partial charge in [-0.1, -0.05) is 20.8 Å². The first-order valence-corrected chi connectivity index (χ1v) is 7.68. The molecule has 1 saturated carbocycles. The van der Waals surface area contributed by atoms with E-state index in [9.17, 15) is 0 Å². The summed E-state index contributed by atoms with van der Waals surface area (Å²) in [5.41, 5.74) is 3.58. The van der Waals surface area contributed by atoms with E-state index in [0.29, 0.717) is 6.04 Å². The first-order valence-electron chi connectivity index (χ1n) is 7.68. The molecule has 21 heavy (non-hydrogen) atoms. The molecule has 0 atom stereocenters. The van der Waals surface area contributed by atoms with Gasteiger partial charge in [0.05, 0.1) is 6.20 Å². The van der Waals surface area contributed by atoms with Crippen molar-refractivity contribution in [2.24, 2.45) is 0 Å². The molecule has 0 radical (unpaired) electrons. The molecule has 1 fully saturated rings. The summed E-state index contributed by atoms with van der Waals surface area (Å²) in [6.45, 7) is 9.55. The Bertz CT molecular complexity index is 632. The van der Waals surface area contributed by atoms with Gasteiger partial charge >= 0.3 is 0 Å². The molecule has 0 spiro atoms. The highest BCUT2D eigenvalue weighted by Crippen LogP contribution is 2.24. The zero-order valence-electron chi connectivity index (χ0n) is 13.3. The van der Waals surface area contributed by atoms with E-state index in [-0.39, 0.29) is 5.41 Å². The molecule has 112 valence electrons. The lowest BCUT2D eigenvalue weighted by molar-refractivity contribution is 0.563. The first kappa shape index (κ1) is 14.3. The van der Waals surface area contributed by atoms with Crippen LogP contribution in [0.25, 0.3) is 5.82 Å². The largest absolute Gasteiger partial charge is 0.310 e. The molecule has 4 heteroatoms. The van der Waals surface area contributed by atoms with Crippen LogP contribution in [0.5, 0.6) is 0 Å². The molecule has 0 aliphatic heterocycles. The predicted octanol–water partition coefficient (Wildman–Crippen LogP) is 3.13. The number of aromatic nitrogens is 3. The van der Waals surface area contributed by atoms with Crippen LogP contribution < -0.4 is 5.32 Å². The third-order valence-corrected chi connectivity index (χ3v) is 3.76. The second kappa shape index (κ2) is 5.26. The summed E-state index contributed by atoms with van der Waals surface area (Å²) in [5.74, 6) is 0.906. The average molecular weight is 284 g/mol. The summed E-state index contributed by atoms with van der Waals surface area (Å²) in [7, 11) is 0. The molecule has 1 aliphatic carbocycles. The van der Waals surface area contributed by atoms with E-state index in [1.807, 2.05) is 24.0 Å². The minimum atomic E-state index is 0.0343. The van der Waals surface area contributed by atoms with Gasteiger partial charge in [-0.3, -0.25) is 0 Å². The maximum atomic E-state index is 4.80. The van der Waals surface area contributed by atoms with Gasteiger partial charge in [0.1, 0.15) is 0 Å². The highest BCUT2D eigenvalue weighted by molar-refractivity contribution is 5.33. The Morgan fingerprint density at radius 3 is 2.62 bits per heavy atom. The SMILES string of the molecule is Cc1cnn(-c2cc(CNC3CC3)cc(C(C)(C)C)n2)c1. The van der Waals surface area contributed by atoms with E-state index >= 15 is 0 Å². The highest BCUT2D eigenvalue weighted by atomic mass is 15.3. The molecule has 2 aromatic heterocycles. The van der Waals surface area contributed by atoms with E-state index in [2.05, 4.69) is 43.3 Å². The molecule has 0 amide bonds. The van der Waals surface area contributed by atoms with Crippen molar-refractivity contribution in [2.45, 2.75) is 58.5 Å². The van der Waals surface area contributed by atoms with Crippen LogP contribution in [-0.4, -0.2) is 20.8 Å². The fourth-order valence-electron chi connectivity index (χ4n) is 2.26. The summed E-state index contributed by atoms with van der Waals surface area (Å²) in [6.07, 6.45) is 6.51. The molecular weight excluding hydrogens is 260 g/mol. The number of pyridine rings is 1. The number of hydrogen-bond acceptors (Lipinski definition) is 3. The number of rotatable bonds is 4. The molecular formula is C17H24N4. The van der Waals surface area contributed by atoms with E-state index in [1.54, 1.807) is 0 Å². The summed E-state index contributed by atoms with van der Waals surface area (Å²) in [4.78, 5) is 4.80. The van der Waals surface area contributed by atoms with E-state index in [4.69, 9.17) is 4.98 Å². The number of nitrogens with one attached hydrogen (secondary N) is 1. The van der Waals surface area contributed by atoms with Gasteiger partial charge in [0, 0.05) is 29.9 Å². The Hall–Kier alpha value is -1.68.